The summed E-state index contributed by atoms with van der Waals surface area (Å²) in [5.41, 5.74) is 1.08. The Balaban J connectivity index is 1.82. The summed E-state index contributed by atoms with van der Waals surface area (Å²) in [6, 6.07) is 12.4. The largest absolute Gasteiger partial charge is 0.319 e. The molecule has 24 heavy (non-hydrogen) atoms. The van der Waals surface area contributed by atoms with Gasteiger partial charge in [0.1, 0.15) is 5.82 Å². The summed E-state index contributed by atoms with van der Waals surface area (Å²) in [5.74, 6) is -0.839. The molecule has 2 aromatic carbocycles. The van der Waals surface area contributed by atoms with E-state index in [2.05, 4.69) is 15.5 Å². The molecule has 0 aliphatic carbocycles. The number of amides is 1. The summed E-state index contributed by atoms with van der Waals surface area (Å²) in [5, 5.41) is 10.7. The van der Waals surface area contributed by atoms with Gasteiger partial charge in [0.15, 0.2) is 5.69 Å². The van der Waals surface area contributed by atoms with Crippen LogP contribution in [0.2, 0.25) is 0 Å². The number of hydrogen-bond donors (Lipinski definition) is 1. The van der Waals surface area contributed by atoms with Crippen LogP contribution in [0, 0.1) is 5.82 Å². The lowest BCUT2D eigenvalue weighted by Crippen LogP contribution is -2.14. The zero-order chi connectivity index (χ0) is 17.1. The maximum absolute atomic E-state index is 12.9. The molecule has 3 rings (SSSR count). The SMILES string of the molecule is CS(=O)c1ccccc1NC(=O)c1cnn(-c2ccc(F)cc2)n1. The summed E-state index contributed by atoms with van der Waals surface area (Å²) >= 11 is 0. The molecule has 0 bridgehead atoms. The predicted octanol–water partition coefficient (Wildman–Crippen LogP) is 2.40. The van der Waals surface area contributed by atoms with Crippen LogP contribution >= 0.6 is 0 Å². The zero-order valence-electron chi connectivity index (χ0n) is 12.6. The first-order chi connectivity index (χ1) is 11.5. The Morgan fingerprint density at radius 3 is 2.58 bits per heavy atom. The van der Waals surface area contributed by atoms with Crippen LogP contribution in [0.4, 0.5) is 10.1 Å². The van der Waals surface area contributed by atoms with Gasteiger partial charge >= 0.3 is 0 Å². The van der Waals surface area contributed by atoms with E-state index in [1.807, 2.05) is 0 Å². The Morgan fingerprint density at radius 1 is 1.17 bits per heavy atom. The van der Waals surface area contributed by atoms with Crippen LogP contribution in [-0.4, -0.2) is 31.4 Å². The van der Waals surface area contributed by atoms with Crippen LogP contribution in [0.25, 0.3) is 5.69 Å². The highest BCUT2D eigenvalue weighted by Crippen LogP contribution is 2.19. The average Bonchev–Trinajstić information content (AvgIpc) is 3.06. The normalized spacial score (nSPS) is 11.9. The molecule has 6 nitrogen and oxygen atoms in total. The number of rotatable bonds is 4. The highest BCUT2D eigenvalue weighted by molar-refractivity contribution is 7.84. The van der Waals surface area contributed by atoms with Gasteiger partial charge in [-0.3, -0.25) is 9.00 Å². The molecule has 122 valence electrons. The molecule has 1 unspecified atom stereocenters. The van der Waals surface area contributed by atoms with E-state index >= 15 is 0 Å². The van der Waals surface area contributed by atoms with E-state index in [0.717, 1.165) is 0 Å². The molecule has 0 spiro atoms. The Bertz CT molecular complexity index is 908. The van der Waals surface area contributed by atoms with E-state index in [9.17, 15) is 13.4 Å². The standard InChI is InChI=1S/C16H13FN4O2S/c1-24(23)15-5-3-2-4-13(15)19-16(22)14-10-18-21(20-14)12-8-6-11(17)7-9-12/h2-10H,1H3,(H,19,22). The number of hydrogen-bond acceptors (Lipinski definition) is 4. The van der Waals surface area contributed by atoms with Gasteiger partial charge in [0, 0.05) is 6.26 Å². The molecule has 0 radical (unpaired) electrons. The first kappa shape index (κ1) is 16.0. The lowest BCUT2D eigenvalue weighted by Gasteiger charge is -2.07. The van der Waals surface area contributed by atoms with Gasteiger partial charge < -0.3 is 5.32 Å². The van der Waals surface area contributed by atoms with Gasteiger partial charge in [-0.25, -0.2) is 4.39 Å². The smallest absolute Gasteiger partial charge is 0.277 e. The van der Waals surface area contributed by atoms with E-state index in [1.165, 1.54) is 41.5 Å². The molecule has 1 amide bonds. The van der Waals surface area contributed by atoms with Crippen molar-refractivity contribution in [2.45, 2.75) is 4.90 Å². The Morgan fingerprint density at radius 2 is 1.88 bits per heavy atom. The van der Waals surface area contributed by atoms with Crippen molar-refractivity contribution >= 4 is 22.4 Å². The van der Waals surface area contributed by atoms with Crippen LogP contribution in [0.3, 0.4) is 0 Å². The number of aromatic nitrogens is 3. The van der Waals surface area contributed by atoms with Gasteiger partial charge in [0.05, 0.1) is 33.3 Å². The molecular formula is C16H13FN4O2S. The minimum atomic E-state index is -1.23. The van der Waals surface area contributed by atoms with Crippen molar-refractivity contribution in [1.29, 1.82) is 0 Å². The number of carbonyl (C=O) groups is 1. The van der Waals surface area contributed by atoms with E-state index in [1.54, 1.807) is 24.3 Å². The summed E-state index contributed by atoms with van der Waals surface area (Å²) < 4.78 is 24.6. The third-order valence-electron chi connectivity index (χ3n) is 3.23. The van der Waals surface area contributed by atoms with Crippen molar-refractivity contribution in [2.24, 2.45) is 0 Å². The highest BCUT2D eigenvalue weighted by atomic mass is 32.2. The Labute approximate surface area is 139 Å². The fourth-order valence-electron chi connectivity index (χ4n) is 2.07. The number of benzene rings is 2. The number of nitrogens with one attached hydrogen (secondary N) is 1. The van der Waals surface area contributed by atoms with Crippen LogP contribution in [-0.2, 0) is 10.8 Å². The number of anilines is 1. The van der Waals surface area contributed by atoms with Crippen molar-refractivity contribution in [3.05, 3.63) is 66.2 Å². The summed E-state index contributed by atoms with van der Waals surface area (Å²) in [6.07, 6.45) is 2.85. The summed E-state index contributed by atoms with van der Waals surface area (Å²) in [7, 11) is -1.23. The molecule has 1 aromatic heterocycles. The van der Waals surface area contributed by atoms with Gasteiger partial charge in [0.25, 0.3) is 5.91 Å². The molecule has 3 aromatic rings. The molecular weight excluding hydrogens is 331 g/mol. The molecule has 1 heterocycles. The highest BCUT2D eigenvalue weighted by Gasteiger charge is 2.14. The van der Waals surface area contributed by atoms with Gasteiger partial charge in [-0.1, -0.05) is 12.1 Å². The second-order valence-corrected chi connectivity index (χ2v) is 6.25. The van der Waals surface area contributed by atoms with Crippen molar-refractivity contribution in [1.82, 2.24) is 15.0 Å². The van der Waals surface area contributed by atoms with E-state index in [0.29, 0.717) is 16.3 Å². The van der Waals surface area contributed by atoms with Gasteiger partial charge in [-0.15, -0.1) is 5.10 Å². The topological polar surface area (TPSA) is 76.9 Å². The van der Waals surface area contributed by atoms with Crippen LogP contribution in [0.1, 0.15) is 10.5 Å². The summed E-state index contributed by atoms with van der Waals surface area (Å²) in [6.45, 7) is 0. The fourth-order valence-corrected chi connectivity index (χ4v) is 2.77. The molecule has 1 atom stereocenters. The molecule has 8 heteroatoms. The van der Waals surface area contributed by atoms with E-state index in [4.69, 9.17) is 0 Å². The number of halogens is 1. The second kappa shape index (κ2) is 6.71. The van der Waals surface area contributed by atoms with Crippen molar-refractivity contribution in [3.8, 4) is 5.69 Å². The molecule has 1 N–H and O–H groups in total. The van der Waals surface area contributed by atoms with Crippen molar-refractivity contribution < 1.29 is 13.4 Å². The van der Waals surface area contributed by atoms with Crippen LogP contribution in [0.5, 0.6) is 0 Å². The quantitative estimate of drug-likeness (QED) is 0.788. The second-order valence-electron chi connectivity index (χ2n) is 4.90. The first-order valence-corrected chi connectivity index (χ1v) is 8.52. The van der Waals surface area contributed by atoms with E-state index in [-0.39, 0.29) is 11.5 Å². The van der Waals surface area contributed by atoms with Crippen molar-refractivity contribution in [3.63, 3.8) is 0 Å². The average molecular weight is 344 g/mol. The lowest BCUT2D eigenvalue weighted by molar-refractivity contribution is 0.102. The monoisotopic (exact) mass is 344 g/mol. The molecule has 0 aliphatic heterocycles. The minimum absolute atomic E-state index is 0.0935. The predicted molar refractivity (Wildman–Crippen MR) is 88.0 cm³/mol. The Kier molecular flexibility index (Phi) is 4.48. The van der Waals surface area contributed by atoms with Gasteiger partial charge in [-0.05, 0) is 36.4 Å². The number of para-hydroxylation sites is 1. The van der Waals surface area contributed by atoms with Crippen LogP contribution in [0.15, 0.2) is 59.6 Å². The van der Waals surface area contributed by atoms with E-state index < -0.39 is 16.7 Å². The molecule has 0 saturated carbocycles. The molecule has 0 fully saturated rings. The molecule has 0 saturated heterocycles. The number of nitrogens with zero attached hydrogens (tertiary/aromatic N) is 3. The maximum Gasteiger partial charge on any atom is 0.277 e. The third-order valence-corrected chi connectivity index (χ3v) is 4.20. The third kappa shape index (κ3) is 3.38. The van der Waals surface area contributed by atoms with Crippen LogP contribution < -0.4 is 5.32 Å². The van der Waals surface area contributed by atoms with Crippen molar-refractivity contribution in [2.75, 3.05) is 11.6 Å². The number of carbonyl (C=O) groups excluding carboxylic acids is 1. The molecule has 0 aliphatic rings. The minimum Gasteiger partial charge on any atom is -0.319 e. The first-order valence-electron chi connectivity index (χ1n) is 6.96. The summed E-state index contributed by atoms with van der Waals surface area (Å²) in [4.78, 5) is 14.1. The fraction of sp³-hybridized carbons (Fsp3) is 0.0625. The lowest BCUT2D eigenvalue weighted by atomic mass is 10.3. The van der Waals surface area contributed by atoms with Gasteiger partial charge in [-0.2, -0.15) is 9.90 Å². The Hall–Kier alpha value is -2.87. The van der Waals surface area contributed by atoms with Gasteiger partial charge in [0.2, 0.25) is 0 Å². The maximum atomic E-state index is 12.9. The zero-order valence-corrected chi connectivity index (χ0v) is 13.5.